The zero-order valence-electron chi connectivity index (χ0n) is 12.0. The van der Waals surface area contributed by atoms with Crippen molar-refractivity contribution in [3.05, 3.63) is 0 Å². The number of alkyl halides is 3. The molecule has 0 amide bonds. The first-order valence-corrected chi connectivity index (χ1v) is 7.40. The van der Waals surface area contributed by atoms with Gasteiger partial charge in [0, 0.05) is 6.54 Å². The number of aliphatic hydroxyl groups excluding tert-OH is 2. The van der Waals surface area contributed by atoms with Gasteiger partial charge in [0.2, 0.25) is 6.30 Å². The summed E-state index contributed by atoms with van der Waals surface area (Å²) in [6.45, 7) is -0.294. The fourth-order valence-electron chi connectivity index (χ4n) is 2.78. The number of aliphatic hydroxyl groups is 2. The van der Waals surface area contributed by atoms with Crippen molar-refractivity contribution in [3.63, 3.8) is 0 Å². The van der Waals surface area contributed by atoms with E-state index in [-0.39, 0.29) is 6.54 Å². The van der Waals surface area contributed by atoms with Crippen LogP contribution in [0.5, 0.6) is 0 Å². The Kier molecular flexibility index (Phi) is 7.84. The van der Waals surface area contributed by atoms with Gasteiger partial charge in [0.15, 0.2) is 0 Å². The maximum atomic E-state index is 13.0. The van der Waals surface area contributed by atoms with Crippen molar-refractivity contribution in [3.8, 4) is 0 Å². The second kappa shape index (κ2) is 8.85. The third-order valence-electron chi connectivity index (χ3n) is 4.14. The quantitative estimate of drug-likeness (QED) is 0.677. The molecule has 0 heterocycles. The van der Waals surface area contributed by atoms with Crippen LogP contribution in [0.2, 0.25) is 0 Å². The summed E-state index contributed by atoms with van der Waals surface area (Å²) in [5, 5.41) is 19.6. The Bertz CT molecular complexity index is 263. The lowest BCUT2D eigenvalue weighted by Crippen LogP contribution is -2.43. The van der Waals surface area contributed by atoms with Crippen LogP contribution in [0, 0.1) is 5.92 Å². The van der Waals surface area contributed by atoms with Crippen LogP contribution in [0.1, 0.15) is 44.9 Å². The second-order valence-corrected chi connectivity index (χ2v) is 5.86. The average molecular weight is 297 g/mol. The Balaban J connectivity index is 2.25. The molecule has 1 aliphatic carbocycles. The summed E-state index contributed by atoms with van der Waals surface area (Å²) in [5.41, 5.74) is 0. The zero-order valence-corrected chi connectivity index (χ0v) is 12.0. The number of rotatable bonds is 8. The van der Waals surface area contributed by atoms with E-state index < -0.39 is 24.9 Å². The largest absolute Gasteiger partial charge is 0.390 e. The molecule has 0 aromatic heterocycles. The topological polar surface area (TPSA) is 43.7 Å². The summed E-state index contributed by atoms with van der Waals surface area (Å²) >= 11 is 0. The maximum absolute atomic E-state index is 13.0. The van der Waals surface area contributed by atoms with Gasteiger partial charge in [-0.15, -0.1) is 0 Å². The second-order valence-electron chi connectivity index (χ2n) is 5.86. The minimum absolute atomic E-state index is 0.294. The van der Waals surface area contributed by atoms with Crippen molar-refractivity contribution in [1.82, 2.24) is 4.90 Å². The van der Waals surface area contributed by atoms with Crippen LogP contribution < -0.4 is 0 Å². The molecule has 2 N–H and O–H groups in total. The van der Waals surface area contributed by atoms with Crippen molar-refractivity contribution in [2.24, 2.45) is 5.92 Å². The highest BCUT2D eigenvalue weighted by molar-refractivity contribution is 4.75. The molecule has 3 atom stereocenters. The normalized spacial score (nSPS) is 22.2. The molecule has 3 unspecified atom stereocenters. The summed E-state index contributed by atoms with van der Waals surface area (Å²) in [6.07, 6.45) is -0.430. The van der Waals surface area contributed by atoms with Crippen LogP contribution in [0.25, 0.3) is 0 Å². The monoisotopic (exact) mass is 297 g/mol. The highest BCUT2D eigenvalue weighted by Gasteiger charge is 2.28. The summed E-state index contributed by atoms with van der Waals surface area (Å²) in [7, 11) is 1.17. The molecule has 6 heteroatoms. The molecular weight excluding hydrogens is 271 g/mol. The van der Waals surface area contributed by atoms with Crippen molar-refractivity contribution < 1.29 is 23.4 Å². The van der Waals surface area contributed by atoms with Crippen LogP contribution in [0.15, 0.2) is 0 Å². The molecule has 0 radical (unpaired) electrons. The number of halogens is 3. The summed E-state index contributed by atoms with van der Waals surface area (Å²) < 4.78 is 37.3. The third-order valence-corrected chi connectivity index (χ3v) is 4.14. The number of hydrogen-bond donors (Lipinski definition) is 2. The lowest BCUT2D eigenvalue weighted by molar-refractivity contribution is -0.0706. The molecule has 0 aliphatic heterocycles. The molecule has 0 spiro atoms. The van der Waals surface area contributed by atoms with Crippen molar-refractivity contribution >= 4 is 0 Å². The predicted octanol–water partition coefficient (Wildman–Crippen LogP) is 2.56. The molecular formula is C14H26F3NO2. The number of nitrogens with zero attached hydrogens (tertiary/aromatic N) is 1. The van der Waals surface area contributed by atoms with Gasteiger partial charge in [-0.1, -0.05) is 32.1 Å². The van der Waals surface area contributed by atoms with E-state index in [1.54, 1.807) is 0 Å². The van der Waals surface area contributed by atoms with Crippen LogP contribution >= 0.6 is 0 Å². The van der Waals surface area contributed by atoms with Gasteiger partial charge in [0.1, 0.15) is 0 Å². The standard InChI is InChI=1S/C14H26F3NO2/c1-18(14(17)13(15)16)9-12(20)11(19)8-7-10-5-3-2-4-6-10/h10-14,19-20H,2-9H2,1H3. The number of hydrogen-bond acceptors (Lipinski definition) is 3. The van der Waals surface area contributed by atoms with Gasteiger partial charge in [-0.25, -0.2) is 13.2 Å². The Hall–Kier alpha value is -0.330. The maximum Gasteiger partial charge on any atom is 0.282 e. The van der Waals surface area contributed by atoms with E-state index in [1.807, 2.05) is 0 Å². The van der Waals surface area contributed by atoms with Crippen LogP contribution in [-0.2, 0) is 0 Å². The van der Waals surface area contributed by atoms with E-state index in [0.29, 0.717) is 12.3 Å². The number of likely N-dealkylation sites (N-methyl/N-ethyl adjacent to an activating group) is 1. The first kappa shape index (κ1) is 17.7. The molecule has 1 saturated carbocycles. The van der Waals surface area contributed by atoms with E-state index in [9.17, 15) is 23.4 Å². The zero-order chi connectivity index (χ0) is 15.1. The van der Waals surface area contributed by atoms with Gasteiger partial charge in [0.25, 0.3) is 6.43 Å². The smallest absolute Gasteiger partial charge is 0.282 e. The highest BCUT2D eigenvalue weighted by Crippen LogP contribution is 2.28. The molecule has 0 aromatic rings. The van der Waals surface area contributed by atoms with Crippen molar-refractivity contribution in [1.29, 1.82) is 0 Å². The van der Waals surface area contributed by atoms with Gasteiger partial charge >= 0.3 is 0 Å². The molecule has 120 valence electrons. The molecule has 0 saturated heterocycles. The van der Waals surface area contributed by atoms with Crippen molar-refractivity contribution in [2.45, 2.75) is 69.9 Å². The fraction of sp³-hybridized carbons (Fsp3) is 1.00. The fourth-order valence-corrected chi connectivity index (χ4v) is 2.78. The van der Waals surface area contributed by atoms with Gasteiger partial charge < -0.3 is 10.2 Å². The van der Waals surface area contributed by atoms with Gasteiger partial charge in [-0.3, -0.25) is 4.90 Å². The van der Waals surface area contributed by atoms with Gasteiger partial charge in [-0.05, 0) is 25.8 Å². The van der Waals surface area contributed by atoms with E-state index in [4.69, 9.17) is 0 Å². The molecule has 0 bridgehead atoms. The first-order valence-electron chi connectivity index (χ1n) is 7.40. The van der Waals surface area contributed by atoms with E-state index >= 15 is 0 Å². The predicted molar refractivity (Wildman–Crippen MR) is 71.4 cm³/mol. The summed E-state index contributed by atoms with van der Waals surface area (Å²) in [4.78, 5) is 0.735. The first-order chi connectivity index (χ1) is 9.41. The molecule has 1 aliphatic rings. The van der Waals surface area contributed by atoms with Gasteiger partial charge in [-0.2, -0.15) is 0 Å². The summed E-state index contributed by atoms with van der Waals surface area (Å²) in [5.74, 6) is 0.582. The highest BCUT2D eigenvalue weighted by atomic mass is 19.3. The summed E-state index contributed by atoms with van der Waals surface area (Å²) in [6, 6.07) is 0. The lowest BCUT2D eigenvalue weighted by Gasteiger charge is -2.27. The van der Waals surface area contributed by atoms with E-state index in [1.165, 1.54) is 26.3 Å². The third kappa shape index (κ3) is 5.97. The molecule has 1 fully saturated rings. The van der Waals surface area contributed by atoms with E-state index in [2.05, 4.69) is 0 Å². The molecule has 0 aromatic carbocycles. The SMILES string of the molecule is CN(CC(O)C(O)CCC1CCCCC1)C(F)C(F)F. The van der Waals surface area contributed by atoms with Gasteiger partial charge in [0.05, 0.1) is 12.2 Å². The Morgan fingerprint density at radius 1 is 1.05 bits per heavy atom. The van der Waals surface area contributed by atoms with Crippen LogP contribution in [0.3, 0.4) is 0 Å². The Labute approximate surface area is 118 Å². The van der Waals surface area contributed by atoms with Crippen molar-refractivity contribution in [2.75, 3.05) is 13.6 Å². The van der Waals surface area contributed by atoms with Crippen LogP contribution in [-0.4, -0.2) is 53.6 Å². The minimum atomic E-state index is -3.11. The van der Waals surface area contributed by atoms with Crippen LogP contribution in [0.4, 0.5) is 13.2 Å². The average Bonchev–Trinajstić information content (AvgIpc) is 2.44. The lowest BCUT2D eigenvalue weighted by atomic mass is 9.85. The Morgan fingerprint density at radius 2 is 1.65 bits per heavy atom. The molecule has 20 heavy (non-hydrogen) atoms. The van der Waals surface area contributed by atoms with E-state index in [0.717, 1.165) is 24.2 Å². The molecule has 3 nitrogen and oxygen atoms in total. The molecule has 1 rings (SSSR count). The minimum Gasteiger partial charge on any atom is -0.390 e. The Morgan fingerprint density at radius 3 is 2.20 bits per heavy atom.